The number of nitrogens with one attached hydrogen (secondary N) is 1. The predicted octanol–water partition coefficient (Wildman–Crippen LogP) is 0.176. The molecule has 2 aliphatic rings. The van der Waals surface area contributed by atoms with Gasteiger partial charge in [-0.05, 0) is 19.9 Å². The molecule has 0 radical (unpaired) electrons. The van der Waals surface area contributed by atoms with Crippen LogP contribution in [0.1, 0.15) is 26.2 Å². The first kappa shape index (κ1) is 10.6. The molecule has 0 aromatic heterocycles. The number of Topliss-reactive ketones (excluding diaryl/α,β-unsaturated/α-hetero) is 1. The summed E-state index contributed by atoms with van der Waals surface area (Å²) in [4.78, 5) is 25.5. The van der Waals surface area contributed by atoms with Crippen molar-refractivity contribution in [3.05, 3.63) is 0 Å². The summed E-state index contributed by atoms with van der Waals surface area (Å²) in [6.07, 6.45) is 2.15. The Labute approximate surface area is 90.0 Å². The third-order valence-corrected chi connectivity index (χ3v) is 3.76. The van der Waals surface area contributed by atoms with Crippen LogP contribution in [0.25, 0.3) is 0 Å². The number of hydrogen-bond acceptors (Lipinski definition) is 3. The zero-order valence-corrected chi connectivity index (χ0v) is 9.38. The second kappa shape index (κ2) is 3.59. The van der Waals surface area contributed by atoms with E-state index in [-0.39, 0.29) is 23.1 Å². The lowest BCUT2D eigenvalue weighted by Crippen LogP contribution is -2.33. The zero-order valence-electron chi connectivity index (χ0n) is 9.38. The molecule has 0 aromatic carbocycles. The molecule has 2 aliphatic heterocycles. The quantitative estimate of drug-likeness (QED) is 0.707. The van der Waals surface area contributed by atoms with E-state index in [1.165, 1.54) is 0 Å². The van der Waals surface area contributed by atoms with Crippen LogP contribution in [0.4, 0.5) is 0 Å². The molecule has 4 nitrogen and oxygen atoms in total. The van der Waals surface area contributed by atoms with E-state index in [1.807, 2.05) is 18.9 Å². The Morgan fingerprint density at radius 2 is 2.40 bits per heavy atom. The lowest BCUT2D eigenvalue weighted by Gasteiger charge is -2.18. The van der Waals surface area contributed by atoms with Gasteiger partial charge in [-0.15, -0.1) is 0 Å². The van der Waals surface area contributed by atoms with Crippen LogP contribution in [0.2, 0.25) is 0 Å². The van der Waals surface area contributed by atoms with Gasteiger partial charge in [0.15, 0.2) is 0 Å². The molecule has 0 aliphatic carbocycles. The number of likely N-dealkylation sites (N-methyl/N-ethyl adjacent to an activating group) is 1. The van der Waals surface area contributed by atoms with E-state index in [0.29, 0.717) is 12.8 Å². The molecule has 2 rings (SSSR count). The Bertz CT molecular complexity index is 303. The van der Waals surface area contributed by atoms with E-state index in [1.54, 1.807) is 0 Å². The Balaban J connectivity index is 2.15. The number of nitrogens with zero attached hydrogens (tertiary/aromatic N) is 1. The zero-order chi connectivity index (χ0) is 11.1. The van der Waals surface area contributed by atoms with Gasteiger partial charge in [0, 0.05) is 19.5 Å². The van der Waals surface area contributed by atoms with Crippen LogP contribution < -0.4 is 5.32 Å². The third-order valence-electron chi connectivity index (χ3n) is 3.76. The van der Waals surface area contributed by atoms with E-state index in [2.05, 4.69) is 5.32 Å². The fourth-order valence-corrected chi connectivity index (χ4v) is 2.84. The summed E-state index contributed by atoms with van der Waals surface area (Å²) in [5.74, 6) is 0.398. The molecule has 15 heavy (non-hydrogen) atoms. The smallest absolute Gasteiger partial charge is 0.227 e. The number of likely N-dealkylation sites (tertiary alicyclic amines) is 1. The normalized spacial score (nSPS) is 36.1. The van der Waals surface area contributed by atoms with Crippen LogP contribution in [0.15, 0.2) is 0 Å². The number of carbonyl (C=O) groups is 2. The van der Waals surface area contributed by atoms with Crippen molar-refractivity contribution in [3.8, 4) is 0 Å². The first-order valence-corrected chi connectivity index (χ1v) is 5.60. The molecule has 2 saturated heterocycles. The Kier molecular flexibility index (Phi) is 2.54. The Hall–Kier alpha value is -0.900. The minimum absolute atomic E-state index is 0.0427. The highest BCUT2D eigenvalue weighted by molar-refractivity contribution is 5.89. The summed E-state index contributed by atoms with van der Waals surface area (Å²) in [7, 11) is 1.94. The van der Waals surface area contributed by atoms with Crippen molar-refractivity contribution in [2.75, 3.05) is 20.1 Å². The standard InChI is InChI=1S/C11H18N2O2/c1-3-9(14)8-6-11(7-13(8)2)4-5-12-10(11)15/h8H,3-7H2,1-2H3,(H,12,15). The first-order valence-electron chi connectivity index (χ1n) is 5.60. The van der Waals surface area contributed by atoms with Crippen molar-refractivity contribution in [1.82, 2.24) is 10.2 Å². The molecule has 1 spiro atoms. The van der Waals surface area contributed by atoms with Gasteiger partial charge < -0.3 is 5.32 Å². The fourth-order valence-electron chi connectivity index (χ4n) is 2.84. The van der Waals surface area contributed by atoms with E-state index in [0.717, 1.165) is 19.5 Å². The molecule has 2 atom stereocenters. The Morgan fingerprint density at radius 1 is 1.67 bits per heavy atom. The molecule has 4 heteroatoms. The summed E-state index contributed by atoms with van der Waals surface area (Å²) in [5.41, 5.74) is -0.274. The molecular formula is C11H18N2O2. The highest BCUT2D eigenvalue weighted by atomic mass is 16.2. The van der Waals surface area contributed by atoms with E-state index >= 15 is 0 Å². The molecule has 84 valence electrons. The number of carbonyl (C=O) groups excluding carboxylic acids is 2. The summed E-state index contributed by atoms with van der Waals surface area (Å²) in [5, 5.41) is 2.87. The van der Waals surface area contributed by atoms with Gasteiger partial charge in [0.25, 0.3) is 0 Å². The van der Waals surface area contributed by atoms with Gasteiger partial charge in [-0.3, -0.25) is 14.5 Å². The second-order valence-electron chi connectivity index (χ2n) is 4.74. The van der Waals surface area contributed by atoms with Crippen LogP contribution in [0.3, 0.4) is 0 Å². The number of amides is 1. The van der Waals surface area contributed by atoms with Crippen LogP contribution in [0.5, 0.6) is 0 Å². The summed E-state index contributed by atoms with van der Waals surface area (Å²) >= 11 is 0. The molecule has 0 saturated carbocycles. The topological polar surface area (TPSA) is 49.4 Å². The van der Waals surface area contributed by atoms with Crippen molar-refractivity contribution >= 4 is 11.7 Å². The van der Waals surface area contributed by atoms with Gasteiger partial charge in [-0.2, -0.15) is 0 Å². The Morgan fingerprint density at radius 3 is 2.93 bits per heavy atom. The molecular weight excluding hydrogens is 192 g/mol. The van der Waals surface area contributed by atoms with Crippen LogP contribution in [-0.2, 0) is 9.59 Å². The highest BCUT2D eigenvalue weighted by Crippen LogP contribution is 2.40. The van der Waals surface area contributed by atoms with E-state index in [9.17, 15) is 9.59 Å². The van der Waals surface area contributed by atoms with Crippen LogP contribution >= 0.6 is 0 Å². The van der Waals surface area contributed by atoms with Gasteiger partial charge in [-0.1, -0.05) is 6.92 Å². The molecule has 2 fully saturated rings. The number of hydrogen-bond donors (Lipinski definition) is 1. The van der Waals surface area contributed by atoms with Crippen LogP contribution in [-0.4, -0.2) is 42.8 Å². The van der Waals surface area contributed by atoms with E-state index in [4.69, 9.17) is 0 Å². The van der Waals surface area contributed by atoms with Crippen molar-refractivity contribution in [2.24, 2.45) is 5.41 Å². The van der Waals surface area contributed by atoms with Gasteiger partial charge in [-0.25, -0.2) is 0 Å². The predicted molar refractivity (Wildman–Crippen MR) is 56.4 cm³/mol. The monoisotopic (exact) mass is 210 g/mol. The second-order valence-corrected chi connectivity index (χ2v) is 4.74. The lowest BCUT2D eigenvalue weighted by molar-refractivity contribution is -0.127. The third kappa shape index (κ3) is 1.57. The van der Waals surface area contributed by atoms with Gasteiger partial charge in [0.2, 0.25) is 5.91 Å². The van der Waals surface area contributed by atoms with Gasteiger partial charge >= 0.3 is 0 Å². The molecule has 1 N–H and O–H groups in total. The average molecular weight is 210 g/mol. The van der Waals surface area contributed by atoms with Gasteiger partial charge in [0.05, 0.1) is 11.5 Å². The molecule has 2 unspecified atom stereocenters. The van der Waals surface area contributed by atoms with Crippen molar-refractivity contribution < 1.29 is 9.59 Å². The van der Waals surface area contributed by atoms with E-state index < -0.39 is 0 Å². The fraction of sp³-hybridized carbons (Fsp3) is 0.818. The molecule has 2 heterocycles. The lowest BCUT2D eigenvalue weighted by atomic mass is 9.83. The number of ketones is 1. The average Bonchev–Trinajstić information content (AvgIpc) is 2.72. The summed E-state index contributed by atoms with van der Waals surface area (Å²) in [6, 6.07) is -0.0427. The molecule has 1 amide bonds. The maximum atomic E-state index is 11.8. The maximum Gasteiger partial charge on any atom is 0.227 e. The first-order chi connectivity index (χ1) is 7.09. The largest absolute Gasteiger partial charge is 0.356 e. The minimum Gasteiger partial charge on any atom is -0.356 e. The minimum atomic E-state index is -0.274. The maximum absolute atomic E-state index is 11.8. The SMILES string of the molecule is CCC(=O)C1CC2(CCNC2=O)CN1C. The van der Waals surface area contributed by atoms with Crippen molar-refractivity contribution in [1.29, 1.82) is 0 Å². The molecule has 0 aromatic rings. The number of rotatable bonds is 2. The molecule has 0 bridgehead atoms. The van der Waals surface area contributed by atoms with Crippen molar-refractivity contribution in [2.45, 2.75) is 32.2 Å². The van der Waals surface area contributed by atoms with Crippen molar-refractivity contribution in [3.63, 3.8) is 0 Å². The van der Waals surface area contributed by atoms with Gasteiger partial charge in [0.1, 0.15) is 5.78 Å². The highest BCUT2D eigenvalue weighted by Gasteiger charge is 2.51. The van der Waals surface area contributed by atoms with Crippen LogP contribution in [0, 0.1) is 5.41 Å². The summed E-state index contributed by atoms with van der Waals surface area (Å²) < 4.78 is 0. The summed E-state index contributed by atoms with van der Waals surface area (Å²) in [6.45, 7) is 3.38.